The van der Waals surface area contributed by atoms with Gasteiger partial charge >= 0.3 is 5.97 Å². The van der Waals surface area contributed by atoms with Gasteiger partial charge in [0.2, 0.25) is 5.91 Å². The van der Waals surface area contributed by atoms with E-state index in [2.05, 4.69) is 10.6 Å². The summed E-state index contributed by atoms with van der Waals surface area (Å²) in [7, 11) is 0. The van der Waals surface area contributed by atoms with Gasteiger partial charge in [0.15, 0.2) is 0 Å². The molecule has 0 spiro atoms. The summed E-state index contributed by atoms with van der Waals surface area (Å²) in [4.78, 5) is 23.1. The van der Waals surface area contributed by atoms with Crippen molar-refractivity contribution in [3.8, 4) is 0 Å². The van der Waals surface area contributed by atoms with Crippen LogP contribution in [0.5, 0.6) is 0 Å². The van der Waals surface area contributed by atoms with Crippen LogP contribution in [0, 0.1) is 11.3 Å². The Hall–Kier alpha value is -1.36. The molecule has 0 aromatic carbocycles. The summed E-state index contributed by atoms with van der Waals surface area (Å²) in [6, 6.07) is 0. The third kappa shape index (κ3) is 5.03. The highest BCUT2D eigenvalue weighted by atomic mass is 16.4. The van der Waals surface area contributed by atoms with Crippen molar-refractivity contribution in [2.75, 3.05) is 19.6 Å². The van der Waals surface area contributed by atoms with E-state index in [1.807, 2.05) is 20.8 Å². The van der Waals surface area contributed by atoms with Crippen molar-refractivity contribution in [3.63, 3.8) is 0 Å². The van der Waals surface area contributed by atoms with E-state index in [0.717, 1.165) is 18.7 Å². The molecule has 1 heterocycles. The maximum Gasteiger partial charge on any atom is 0.308 e. The van der Waals surface area contributed by atoms with Gasteiger partial charge in [0.05, 0.1) is 5.92 Å². The number of aliphatic carboxylic acids is 1. The van der Waals surface area contributed by atoms with E-state index in [0.29, 0.717) is 12.0 Å². The molecule has 1 atom stereocenters. The summed E-state index contributed by atoms with van der Waals surface area (Å²) >= 11 is 0. The zero-order chi connectivity index (χ0) is 14.6. The zero-order valence-corrected chi connectivity index (χ0v) is 12.2. The van der Waals surface area contributed by atoms with Gasteiger partial charge in [0.25, 0.3) is 0 Å². The Labute approximate surface area is 114 Å². The molecule has 1 aliphatic heterocycles. The maximum absolute atomic E-state index is 11.9. The smallest absolute Gasteiger partial charge is 0.308 e. The van der Waals surface area contributed by atoms with E-state index in [4.69, 9.17) is 0 Å². The van der Waals surface area contributed by atoms with Crippen molar-refractivity contribution in [3.05, 3.63) is 11.1 Å². The fourth-order valence-corrected chi connectivity index (χ4v) is 2.01. The summed E-state index contributed by atoms with van der Waals surface area (Å²) in [5.74, 6) is -1.55. The largest absolute Gasteiger partial charge is 0.481 e. The fraction of sp³-hybridized carbons (Fsp3) is 0.714. The molecule has 1 unspecified atom stereocenters. The molecule has 1 rings (SSSR count). The number of carbonyl (C=O) groups excluding carboxylic acids is 1. The third-order valence-electron chi connectivity index (χ3n) is 3.26. The number of carbonyl (C=O) groups is 2. The minimum atomic E-state index is -0.856. The van der Waals surface area contributed by atoms with Gasteiger partial charge in [-0.25, -0.2) is 0 Å². The lowest BCUT2D eigenvalue weighted by molar-refractivity contribution is -0.142. The van der Waals surface area contributed by atoms with Crippen LogP contribution >= 0.6 is 0 Å². The van der Waals surface area contributed by atoms with Crippen LogP contribution in [-0.2, 0) is 9.59 Å². The molecule has 0 radical (unpaired) electrons. The lowest BCUT2D eigenvalue weighted by Crippen LogP contribution is -2.39. The lowest BCUT2D eigenvalue weighted by atomic mass is 9.84. The van der Waals surface area contributed by atoms with Crippen molar-refractivity contribution in [2.45, 2.75) is 34.1 Å². The first-order chi connectivity index (χ1) is 8.70. The lowest BCUT2D eigenvalue weighted by Gasteiger charge is -2.24. The predicted octanol–water partition coefficient (Wildman–Crippen LogP) is 1.16. The summed E-state index contributed by atoms with van der Waals surface area (Å²) in [6.07, 6.45) is 0.541. The predicted molar refractivity (Wildman–Crippen MR) is 73.8 cm³/mol. The second kappa shape index (κ2) is 6.19. The maximum atomic E-state index is 11.9. The number of hydrogen-bond donors (Lipinski definition) is 3. The first kappa shape index (κ1) is 15.7. The van der Waals surface area contributed by atoms with Gasteiger partial charge in [0, 0.05) is 25.2 Å². The van der Waals surface area contributed by atoms with E-state index in [9.17, 15) is 14.7 Å². The number of nitrogens with one attached hydrogen (secondary N) is 2. The van der Waals surface area contributed by atoms with Gasteiger partial charge in [0.1, 0.15) is 0 Å². The normalized spacial score (nSPS) is 16.5. The second-order valence-corrected chi connectivity index (χ2v) is 6.34. The fourth-order valence-electron chi connectivity index (χ4n) is 2.01. The molecule has 0 aromatic heterocycles. The van der Waals surface area contributed by atoms with Gasteiger partial charge in [-0.3, -0.25) is 9.59 Å². The van der Waals surface area contributed by atoms with Gasteiger partial charge in [-0.15, -0.1) is 0 Å². The van der Waals surface area contributed by atoms with Crippen LogP contribution in [0.2, 0.25) is 0 Å². The molecule has 0 aromatic rings. The Morgan fingerprint density at radius 1 is 1.37 bits per heavy atom. The Bertz CT molecular complexity index is 388. The van der Waals surface area contributed by atoms with E-state index in [1.165, 1.54) is 0 Å². The highest BCUT2D eigenvalue weighted by Crippen LogP contribution is 2.24. The van der Waals surface area contributed by atoms with Crippen molar-refractivity contribution >= 4 is 11.9 Å². The number of amides is 1. The van der Waals surface area contributed by atoms with Crippen LogP contribution in [0.25, 0.3) is 0 Å². The van der Waals surface area contributed by atoms with Gasteiger partial charge in [-0.2, -0.15) is 0 Å². The molecule has 1 saturated heterocycles. The van der Waals surface area contributed by atoms with Crippen LogP contribution in [-0.4, -0.2) is 36.6 Å². The van der Waals surface area contributed by atoms with Gasteiger partial charge in [-0.1, -0.05) is 20.8 Å². The van der Waals surface area contributed by atoms with Crippen LogP contribution in [0.15, 0.2) is 11.1 Å². The first-order valence-corrected chi connectivity index (χ1v) is 6.61. The number of hydrogen-bond acceptors (Lipinski definition) is 3. The molecule has 5 nitrogen and oxygen atoms in total. The molecule has 1 fully saturated rings. The molecular formula is C14H24N2O3. The quantitative estimate of drug-likeness (QED) is 0.654. The molecular weight excluding hydrogens is 244 g/mol. The minimum Gasteiger partial charge on any atom is -0.481 e. The van der Waals surface area contributed by atoms with Crippen LogP contribution in [0.1, 0.15) is 34.1 Å². The van der Waals surface area contributed by atoms with E-state index in [1.54, 1.807) is 6.92 Å². The molecule has 5 heteroatoms. The van der Waals surface area contributed by atoms with Crippen LogP contribution < -0.4 is 10.6 Å². The molecule has 0 saturated carbocycles. The van der Waals surface area contributed by atoms with Crippen molar-refractivity contribution in [1.82, 2.24) is 10.6 Å². The zero-order valence-electron chi connectivity index (χ0n) is 12.2. The van der Waals surface area contributed by atoms with Crippen LogP contribution in [0.4, 0.5) is 0 Å². The Balaban J connectivity index is 2.52. The minimum absolute atomic E-state index is 0.0703. The monoisotopic (exact) mass is 268 g/mol. The standard InChI is InChI=1S/C14H24N2O3/c1-9(11-6-15-7-11)12(17)16-8-10(13(18)19)5-14(2,3)4/h10,15H,5-8H2,1-4H3,(H,16,17)(H,18,19). The molecule has 1 aliphatic rings. The Morgan fingerprint density at radius 3 is 2.32 bits per heavy atom. The van der Waals surface area contributed by atoms with Crippen LogP contribution in [0.3, 0.4) is 0 Å². The SMILES string of the molecule is CC(C(=O)NCC(CC(C)(C)C)C(=O)O)=C1CNC1. The Morgan fingerprint density at radius 2 is 1.95 bits per heavy atom. The Kier molecular flexibility index (Phi) is 5.11. The molecule has 108 valence electrons. The average Bonchev–Trinajstić information content (AvgIpc) is 2.19. The van der Waals surface area contributed by atoms with Crippen molar-refractivity contribution in [1.29, 1.82) is 0 Å². The summed E-state index contributed by atoms with van der Waals surface area (Å²) in [5, 5.41) is 15.0. The van der Waals surface area contributed by atoms with Crippen molar-refractivity contribution < 1.29 is 14.7 Å². The van der Waals surface area contributed by atoms with E-state index in [-0.39, 0.29) is 17.9 Å². The summed E-state index contributed by atoms with van der Waals surface area (Å²) in [5.41, 5.74) is 1.73. The molecule has 0 bridgehead atoms. The summed E-state index contributed by atoms with van der Waals surface area (Å²) < 4.78 is 0. The topological polar surface area (TPSA) is 78.4 Å². The summed E-state index contributed by atoms with van der Waals surface area (Å²) in [6.45, 7) is 9.47. The van der Waals surface area contributed by atoms with Gasteiger partial charge in [-0.05, 0) is 24.3 Å². The first-order valence-electron chi connectivity index (χ1n) is 6.61. The van der Waals surface area contributed by atoms with E-state index >= 15 is 0 Å². The number of rotatable bonds is 5. The molecule has 1 amide bonds. The number of carboxylic acid groups (broad SMARTS) is 1. The molecule has 3 N–H and O–H groups in total. The average molecular weight is 268 g/mol. The van der Waals surface area contributed by atoms with Gasteiger partial charge < -0.3 is 15.7 Å². The van der Waals surface area contributed by atoms with Crippen molar-refractivity contribution in [2.24, 2.45) is 11.3 Å². The number of carboxylic acids is 1. The highest BCUT2D eigenvalue weighted by Gasteiger charge is 2.25. The van der Waals surface area contributed by atoms with E-state index < -0.39 is 11.9 Å². The highest BCUT2D eigenvalue weighted by molar-refractivity contribution is 5.94. The third-order valence-corrected chi connectivity index (χ3v) is 3.26. The molecule has 19 heavy (non-hydrogen) atoms. The molecule has 0 aliphatic carbocycles. The second-order valence-electron chi connectivity index (χ2n) is 6.34.